The Labute approximate surface area is 193 Å². The van der Waals surface area contributed by atoms with Gasteiger partial charge in [-0.3, -0.25) is 4.79 Å². The van der Waals surface area contributed by atoms with Crippen LogP contribution in [0, 0.1) is 24.7 Å². The lowest BCUT2D eigenvalue weighted by Gasteiger charge is -2.49. The fourth-order valence-electron chi connectivity index (χ4n) is 6.57. The maximum Gasteiger partial charge on any atom is 0.488 e. The molecule has 1 saturated heterocycles. The van der Waals surface area contributed by atoms with Crippen molar-refractivity contribution in [3.63, 3.8) is 0 Å². The third-order valence-corrected chi connectivity index (χ3v) is 8.82. The molecule has 32 heavy (non-hydrogen) atoms. The molecule has 0 spiro atoms. The van der Waals surface area contributed by atoms with Gasteiger partial charge in [0.1, 0.15) is 0 Å². The maximum absolute atomic E-state index is 12.5. The van der Waals surface area contributed by atoms with Crippen LogP contribution in [0.5, 0.6) is 0 Å². The van der Waals surface area contributed by atoms with Crippen LogP contribution >= 0.6 is 11.3 Å². The van der Waals surface area contributed by atoms with Crippen LogP contribution in [-0.4, -0.2) is 40.3 Å². The van der Waals surface area contributed by atoms with Crippen molar-refractivity contribution in [1.29, 1.82) is 0 Å². The predicted octanol–water partition coefficient (Wildman–Crippen LogP) is 3.01. The van der Waals surface area contributed by atoms with E-state index in [4.69, 9.17) is 4.74 Å². The van der Waals surface area contributed by atoms with E-state index in [1.165, 1.54) is 22.5 Å². The number of amides is 1. The molecule has 2 fully saturated rings. The molecule has 3 aliphatic rings. The molecule has 1 aromatic carbocycles. The lowest BCUT2D eigenvalue weighted by molar-refractivity contribution is -0.116. The Bertz CT molecular complexity index is 1010. The van der Waals surface area contributed by atoms with Crippen molar-refractivity contribution < 1.29 is 19.6 Å². The fraction of sp³-hybridized carbons (Fsp3) is 0.583. The molecule has 8 heteroatoms. The summed E-state index contributed by atoms with van der Waals surface area (Å²) >= 11 is 1.50. The number of hydrogen-bond donors (Lipinski definition) is 3. The van der Waals surface area contributed by atoms with Crippen LogP contribution in [0.2, 0.25) is 0 Å². The average Bonchev–Trinajstić information content (AvgIpc) is 3.33. The number of ether oxygens (including phenoxy) is 1. The van der Waals surface area contributed by atoms with Crippen molar-refractivity contribution in [2.75, 3.05) is 11.9 Å². The van der Waals surface area contributed by atoms with E-state index in [1.807, 2.05) is 19.1 Å². The maximum atomic E-state index is 12.5. The summed E-state index contributed by atoms with van der Waals surface area (Å²) in [5.74, 6) is 1.90. The Kier molecular flexibility index (Phi) is 5.90. The second-order valence-electron chi connectivity index (χ2n) is 9.95. The third kappa shape index (κ3) is 4.02. The lowest BCUT2D eigenvalue weighted by Crippen LogP contribution is -2.47. The minimum absolute atomic E-state index is 0.0318. The number of hydrogen-bond acceptors (Lipinski definition) is 6. The molecule has 6 nitrogen and oxygen atoms in total. The van der Waals surface area contributed by atoms with Gasteiger partial charge >= 0.3 is 7.12 Å². The summed E-state index contributed by atoms with van der Waals surface area (Å²) < 4.78 is 6.39. The van der Waals surface area contributed by atoms with Crippen molar-refractivity contribution in [2.24, 2.45) is 17.8 Å². The molecule has 5 atom stereocenters. The summed E-state index contributed by atoms with van der Waals surface area (Å²) in [5.41, 5.74) is 3.10. The lowest BCUT2D eigenvalue weighted by atomic mass is 9.56. The van der Waals surface area contributed by atoms with Crippen LogP contribution in [0.4, 0.5) is 5.13 Å². The highest BCUT2D eigenvalue weighted by Gasteiger charge is 2.55. The van der Waals surface area contributed by atoms with Gasteiger partial charge in [0.25, 0.3) is 0 Å². The molecule has 0 radical (unpaired) electrons. The Hall–Kier alpha value is -1.74. The van der Waals surface area contributed by atoms with E-state index < -0.39 is 7.12 Å². The molecule has 1 aromatic heterocycles. The SMILES string of the molecule is Cc1cnc(NC(=O)CC[C@H]2CO[C@@]3(C)CCC4c5ccc(B(O)O)cc5CCC4C23)s1. The summed E-state index contributed by atoms with van der Waals surface area (Å²) in [4.78, 5) is 17.8. The van der Waals surface area contributed by atoms with Gasteiger partial charge in [0.15, 0.2) is 5.13 Å². The van der Waals surface area contributed by atoms with Gasteiger partial charge < -0.3 is 20.1 Å². The van der Waals surface area contributed by atoms with Gasteiger partial charge in [-0.1, -0.05) is 18.2 Å². The quantitative estimate of drug-likeness (QED) is 0.605. The van der Waals surface area contributed by atoms with Gasteiger partial charge in [0.05, 0.1) is 12.2 Å². The van der Waals surface area contributed by atoms with E-state index in [0.717, 1.165) is 43.6 Å². The number of thiazole rings is 1. The molecule has 1 saturated carbocycles. The van der Waals surface area contributed by atoms with Crippen molar-refractivity contribution in [3.05, 3.63) is 40.4 Å². The van der Waals surface area contributed by atoms with E-state index in [-0.39, 0.29) is 11.5 Å². The van der Waals surface area contributed by atoms with E-state index in [1.54, 1.807) is 6.20 Å². The third-order valence-electron chi connectivity index (χ3n) is 7.99. The Morgan fingerprint density at radius 3 is 2.97 bits per heavy atom. The number of anilines is 1. The summed E-state index contributed by atoms with van der Waals surface area (Å²) in [6, 6.07) is 5.93. The summed E-state index contributed by atoms with van der Waals surface area (Å²) in [6.07, 6.45) is 7.29. The highest BCUT2D eigenvalue weighted by molar-refractivity contribution is 7.15. The minimum atomic E-state index is -1.42. The predicted molar refractivity (Wildman–Crippen MR) is 126 cm³/mol. The fourth-order valence-corrected chi connectivity index (χ4v) is 7.25. The Morgan fingerprint density at radius 1 is 1.38 bits per heavy atom. The topological polar surface area (TPSA) is 91.7 Å². The molecule has 170 valence electrons. The number of fused-ring (bicyclic) bond motifs is 5. The summed E-state index contributed by atoms with van der Waals surface area (Å²) in [5, 5.41) is 22.7. The minimum Gasteiger partial charge on any atom is -0.423 e. The molecular weight excluding hydrogens is 423 g/mol. The van der Waals surface area contributed by atoms with Gasteiger partial charge in [0, 0.05) is 17.5 Å². The van der Waals surface area contributed by atoms with Gasteiger partial charge in [-0.25, -0.2) is 4.98 Å². The standard InChI is InChI=1S/C24H31BN2O4S/c1-14-12-26-23(32-14)27-21(28)8-4-16-13-31-24(2)10-9-19-18-7-5-17(25(29)30)11-15(18)3-6-20(19)22(16)24/h5,7,11-12,16,19-20,22,29-30H,3-4,6,8-10,13H2,1-2H3,(H,26,27,28)/t16-,19?,20?,22?,24-/m0/s1. The van der Waals surface area contributed by atoms with Crippen LogP contribution in [0.25, 0.3) is 0 Å². The number of benzene rings is 1. The van der Waals surface area contributed by atoms with E-state index in [0.29, 0.717) is 40.7 Å². The zero-order valence-corrected chi connectivity index (χ0v) is 19.5. The van der Waals surface area contributed by atoms with Crippen LogP contribution in [0.15, 0.2) is 24.4 Å². The van der Waals surface area contributed by atoms with Crippen LogP contribution < -0.4 is 10.8 Å². The van der Waals surface area contributed by atoms with E-state index in [2.05, 4.69) is 23.3 Å². The highest BCUT2D eigenvalue weighted by atomic mass is 32.1. The smallest absolute Gasteiger partial charge is 0.423 e. The molecule has 3 N–H and O–H groups in total. The molecular formula is C24H31BN2O4S. The zero-order chi connectivity index (χ0) is 22.5. The monoisotopic (exact) mass is 454 g/mol. The first-order valence-electron chi connectivity index (χ1n) is 11.7. The van der Waals surface area contributed by atoms with Crippen LogP contribution in [0.3, 0.4) is 0 Å². The number of nitrogens with one attached hydrogen (secondary N) is 1. The summed E-state index contributed by atoms with van der Waals surface area (Å²) in [7, 11) is -1.42. The second-order valence-corrected chi connectivity index (χ2v) is 11.2. The molecule has 2 aliphatic carbocycles. The van der Waals surface area contributed by atoms with Crippen LogP contribution in [0.1, 0.15) is 60.9 Å². The van der Waals surface area contributed by atoms with Gasteiger partial charge in [-0.05, 0) is 86.2 Å². The Balaban J connectivity index is 1.30. The zero-order valence-electron chi connectivity index (χ0n) is 18.7. The number of carbonyl (C=O) groups is 1. The first-order chi connectivity index (χ1) is 15.3. The van der Waals surface area contributed by atoms with Crippen molar-refractivity contribution in [1.82, 2.24) is 4.98 Å². The normalized spacial score (nSPS) is 30.9. The van der Waals surface area contributed by atoms with Crippen LogP contribution in [-0.2, 0) is 16.0 Å². The first-order valence-corrected chi connectivity index (χ1v) is 12.5. The molecule has 0 bridgehead atoms. The van der Waals surface area contributed by atoms with Crippen molar-refractivity contribution in [2.45, 2.75) is 63.9 Å². The van der Waals surface area contributed by atoms with Gasteiger partial charge in [0.2, 0.25) is 5.91 Å². The molecule has 1 amide bonds. The van der Waals surface area contributed by atoms with Crippen molar-refractivity contribution in [3.8, 4) is 0 Å². The number of carbonyl (C=O) groups excluding carboxylic acids is 1. The molecule has 2 aromatic rings. The largest absolute Gasteiger partial charge is 0.488 e. The Morgan fingerprint density at radius 2 is 2.22 bits per heavy atom. The number of aromatic nitrogens is 1. The molecule has 1 aliphatic heterocycles. The molecule has 5 rings (SSSR count). The number of aryl methyl sites for hydroxylation is 2. The van der Waals surface area contributed by atoms with E-state index in [9.17, 15) is 14.8 Å². The van der Waals surface area contributed by atoms with E-state index >= 15 is 0 Å². The first kappa shape index (κ1) is 22.1. The average molecular weight is 454 g/mol. The molecule has 3 unspecified atom stereocenters. The summed E-state index contributed by atoms with van der Waals surface area (Å²) in [6.45, 7) is 4.99. The highest BCUT2D eigenvalue weighted by Crippen LogP contribution is 2.58. The molecule has 2 heterocycles. The van der Waals surface area contributed by atoms with Crippen molar-refractivity contribution >= 4 is 35.0 Å². The number of nitrogens with zero attached hydrogens (tertiary/aromatic N) is 1. The van der Waals surface area contributed by atoms with Gasteiger partial charge in [-0.15, -0.1) is 11.3 Å². The van der Waals surface area contributed by atoms with Gasteiger partial charge in [-0.2, -0.15) is 0 Å². The second kappa shape index (κ2) is 8.56. The number of rotatable bonds is 5.